The van der Waals surface area contributed by atoms with Gasteiger partial charge in [0.05, 0.1) is 29.2 Å². The van der Waals surface area contributed by atoms with Crippen molar-refractivity contribution in [3.63, 3.8) is 0 Å². The Morgan fingerprint density at radius 3 is 2.73 bits per heavy atom. The van der Waals surface area contributed by atoms with Crippen molar-refractivity contribution in [1.29, 1.82) is 10.5 Å². The zero-order valence-corrected chi connectivity index (χ0v) is 18.7. The molecule has 9 heteroatoms. The number of nitrogens with zero attached hydrogens (tertiary/aromatic N) is 3. The van der Waals surface area contributed by atoms with Gasteiger partial charge < -0.3 is 19.9 Å². The lowest BCUT2D eigenvalue weighted by atomic mass is 9.84. The Bertz CT molecular complexity index is 1330. The maximum atomic E-state index is 9.79. The molecular weight excluding hydrogens is 442 g/mol. The Hall–Kier alpha value is -4.14. The number of benzene rings is 2. The molecule has 0 saturated carbocycles. The van der Waals surface area contributed by atoms with E-state index < -0.39 is 5.92 Å². The first kappa shape index (κ1) is 22.1. The summed E-state index contributed by atoms with van der Waals surface area (Å²) in [5.74, 6) is 0.532. The van der Waals surface area contributed by atoms with E-state index in [-0.39, 0.29) is 18.1 Å². The van der Waals surface area contributed by atoms with Gasteiger partial charge in [0.15, 0.2) is 11.5 Å². The molecule has 8 nitrogen and oxygen atoms in total. The molecule has 0 bridgehead atoms. The average molecular weight is 462 g/mol. The van der Waals surface area contributed by atoms with Crippen LogP contribution in [0.5, 0.6) is 17.4 Å². The first-order valence-corrected chi connectivity index (χ1v) is 10.6. The molecule has 1 aromatic heterocycles. The normalized spacial score (nSPS) is 14.6. The summed E-state index contributed by atoms with van der Waals surface area (Å²) >= 11 is 6.64. The average Bonchev–Trinajstić information content (AvgIpc) is 3.17. The van der Waals surface area contributed by atoms with Gasteiger partial charge in [0, 0.05) is 16.8 Å². The third-order valence-electron chi connectivity index (χ3n) is 5.30. The van der Waals surface area contributed by atoms with Crippen LogP contribution in [-0.4, -0.2) is 16.8 Å². The highest BCUT2D eigenvalue weighted by Gasteiger charge is 2.35. The second-order valence-corrected chi connectivity index (χ2v) is 7.72. The van der Waals surface area contributed by atoms with Crippen molar-refractivity contribution < 1.29 is 14.2 Å². The molecule has 2 aromatic carbocycles. The predicted molar refractivity (Wildman–Crippen MR) is 121 cm³/mol. The molecule has 0 amide bonds. The maximum Gasteiger partial charge on any atom is 0.244 e. The summed E-state index contributed by atoms with van der Waals surface area (Å²) in [4.78, 5) is 0. The van der Waals surface area contributed by atoms with Crippen molar-refractivity contribution in [3.8, 4) is 29.5 Å². The van der Waals surface area contributed by atoms with Crippen LogP contribution >= 0.6 is 11.6 Å². The van der Waals surface area contributed by atoms with Gasteiger partial charge in [-0.2, -0.15) is 10.5 Å². The summed E-state index contributed by atoms with van der Waals surface area (Å²) in [6, 6.07) is 15.0. The molecule has 2 heterocycles. The summed E-state index contributed by atoms with van der Waals surface area (Å²) in [6.07, 6.45) is 0. The molecule has 33 heavy (non-hydrogen) atoms. The lowest BCUT2D eigenvalue weighted by Crippen LogP contribution is -2.21. The zero-order chi connectivity index (χ0) is 23.5. The molecule has 1 aliphatic heterocycles. The number of nitrogens with two attached hydrogens (primary N) is 1. The van der Waals surface area contributed by atoms with E-state index in [1.165, 1.54) is 0 Å². The number of ether oxygens (including phenoxy) is 3. The van der Waals surface area contributed by atoms with E-state index in [0.717, 1.165) is 11.3 Å². The number of aromatic amines is 1. The van der Waals surface area contributed by atoms with E-state index in [0.29, 0.717) is 45.7 Å². The predicted octanol–water partition coefficient (Wildman–Crippen LogP) is 4.44. The van der Waals surface area contributed by atoms with Crippen molar-refractivity contribution in [2.45, 2.75) is 26.4 Å². The largest absolute Gasteiger partial charge is 0.490 e. The van der Waals surface area contributed by atoms with Gasteiger partial charge in [-0.05, 0) is 37.6 Å². The molecule has 3 N–H and O–H groups in total. The molecule has 3 aromatic rings. The first-order valence-electron chi connectivity index (χ1n) is 10.2. The van der Waals surface area contributed by atoms with Crippen LogP contribution in [-0.2, 0) is 6.61 Å². The number of aromatic nitrogens is 2. The standard InChI is InChI=1S/C24H20ClN5O3/c1-3-31-19-9-16(21-17(11-27)23(28)33-24-20(21)13(2)29-30-24)8-18(25)22(19)32-12-15-7-5-4-6-14(15)10-26/h4-9,21H,3,12,28H2,1-2H3,(H,29,30)/t21-/m0/s1. The topological polar surface area (TPSA) is 130 Å². The molecule has 0 aliphatic carbocycles. The van der Waals surface area contributed by atoms with Crippen LogP contribution in [0.25, 0.3) is 0 Å². The van der Waals surface area contributed by atoms with E-state index in [1.54, 1.807) is 24.3 Å². The summed E-state index contributed by atoms with van der Waals surface area (Å²) in [7, 11) is 0. The van der Waals surface area contributed by atoms with Gasteiger partial charge >= 0.3 is 0 Å². The van der Waals surface area contributed by atoms with Gasteiger partial charge in [0.2, 0.25) is 11.8 Å². The molecule has 0 radical (unpaired) electrons. The second-order valence-electron chi connectivity index (χ2n) is 7.31. The third-order valence-corrected chi connectivity index (χ3v) is 5.59. The van der Waals surface area contributed by atoms with Gasteiger partial charge in [0.1, 0.15) is 18.2 Å². The monoisotopic (exact) mass is 461 g/mol. The number of hydrogen-bond acceptors (Lipinski definition) is 7. The summed E-state index contributed by atoms with van der Waals surface area (Å²) in [5, 5.41) is 26.4. The van der Waals surface area contributed by atoms with E-state index in [9.17, 15) is 10.5 Å². The number of hydrogen-bond donors (Lipinski definition) is 2. The Labute approximate surface area is 195 Å². The zero-order valence-electron chi connectivity index (χ0n) is 18.0. The van der Waals surface area contributed by atoms with E-state index in [2.05, 4.69) is 22.3 Å². The van der Waals surface area contributed by atoms with Crippen LogP contribution in [0.1, 0.15) is 40.8 Å². The molecule has 1 aliphatic rings. The van der Waals surface area contributed by atoms with Gasteiger partial charge in [0.25, 0.3) is 0 Å². The Balaban J connectivity index is 1.77. The van der Waals surface area contributed by atoms with Crippen molar-refractivity contribution in [3.05, 3.63) is 80.8 Å². The number of rotatable bonds is 6. The summed E-state index contributed by atoms with van der Waals surface area (Å²) < 4.78 is 17.3. The maximum absolute atomic E-state index is 9.79. The fourth-order valence-electron chi connectivity index (χ4n) is 3.79. The Kier molecular flexibility index (Phi) is 6.12. The highest BCUT2D eigenvalue weighted by atomic mass is 35.5. The minimum Gasteiger partial charge on any atom is -0.490 e. The Morgan fingerprint density at radius 2 is 2.00 bits per heavy atom. The van der Waals surface area contributed by atoms with E-state index >= 15 is 0 Å². The van der Waals surface area contributed by atoms with Crippen molar-refractivity contribution in [2.24, 2.45) is 5.73 Å². The fourth-order valence-corrected chi connectivity index (χ4v) is 4.07. The number of nitriles is 2. The number of fused-ring (bicyclic) bond motifs is 1. The second kappa shape index (κ2) is 9.15. The third kappa shape index (κ3) is 4.05. The smallest absolute Gasteiger partial charge is 0.244 e. The highest BCUT2D eigenvalue weighted by molar-refractivity contribution is 6.32. The lowest BCUT2D eigenvalue weighted by Gasteiger charge is -2.25. The SMILES string of the molecule is CCOc1cc([C@H]2C(C#N)=C(N)Oc3n[nH]c(C)c32)cc(Cl)c1OCc1ccccc1C#N. The van der Waals surface area contributed by atoms with Crippen LogP contribution in [0.4, 0.5) is 0 Å². The minimum atomic E-state index is -0.539. The molecular formula is C24H20ClN5O3. The minimum absolute atomic E-state index is 0.0102. The molecule has 0 unspecified atom stereocenters. The van der Waals surface area contributed by atoms with Crippen molar-refractivity contribution >= 4 is 11.6 Å². The van der Waals surface area contributed by atoms with Crippen molar-refractivity contribution in [1.82, 2.24) is 10.2 Å². The number of aryl methyl sites for hydroxylation is 1. The first-order chi connectivity index (χ1) is 16.0. The van der Waals surface area contributed by atoms with Gasteiger partial charge in [-0.25, -0.2) is 0 Å². The molecule has 166 valence electrons. The van der Waals surface area contributed by atoms with Crippen LogP contribution in [0, 0.1) is 29.6 Å². The summed E-state index contributed by atoms with van der Waals surface area (Å²) in [6.45, 7) is 4.20. The number of halogens is 1. The van der Waals surface area contributed by atoms with Crippen LogP contribution in [0.15, 0.2) is 47.9 Å². The van der Waals surface area contributed by atoms with Crippen LogP contribution in [0.2, 0.25) is 5.02 Å². The van der Waals surface area contributed by atoms with E-state index in [1.807, 2.05) is 26.0 Å². The molecule has 0 fully saturated rings. The van der Waals surface area contributed by atoms with Gasteiger partial charge in [-0.15, -0.1) is 5.10 Å². The summed E-state index contributed by atoms with van der Waals surface area (Å²) in [5.41, 5.74) is 9.65. The van der Waals surface area contributed by atoms with Gasteiger partial charge in [-0.1, -0.05) is 29.8 Å². The van der Waals surface area contributed by atoms with Crippen molar-refractivity contribution in [2.75, 3.05) is 6.61 Å². The molecule has 4 rings (SSSR count). The van der Waals surface area contributed by atoms with Crippen LogP contribution < -0.4 is 19.9 Å². The molecule has 0 saturated heterocycles. The van der Waals surface area contributed by atoms with Gasteiger partial charge in [-0.3, -0.25) is 5.10 Å². The molecule has 1 atom stereocenters. The Morgan fingerprint density at radius 1 is 1.21 bits per heavy atom. The highest BCUT2D eigenvalue weighted by Crippen LogP contribution is 2.46. The van der Waals surface area contributed by atoms with Crippen LogP contribution in [0.3, 0.4) is 0 Å². The van der Waals surface area contributed by atoms with E-state index in [4.69, 9.17) is 31.5 Å². The number of H-pyrrole nitrogens is 1. The molecule has 0 spiro atoms. The number of nitrogens with one attached hydrogen (secondary N) is 1. The lowest BCUT2D eigenvalue weighted by molar-refractivity contribution is 0.269. The number of allylic oxidation sites excluding steroid dienone is 1. The fraction of sp³-hybridized carbons (Fsp3) is 0.208. The quantitative estimate of drug-likeness (QED) is 0.554.